The lowest BCUT2D eigenvalue weighted by atomic mass is 9.97. The van der Waals surface area contributed by atoms with Crippen LogP contribution in [-0.2, 0) is 9.53 Å². The zero-order valence-electron chi connectivity index (χ0n) is 19.3. The molecule has 0 aliphatic carbocycles. The molecule has 2 aliphatic heterocycles. The number of nitrogens with one attached hydrogen (secondary N) is 2. The third-order valence-corrected chi connectivity index (χ3v) is 6.93. The summed E-state index contributed by atoms with van der Waals surface area (Å²) in [4.78, 5) is 42.0. The Kier molecular flexibility index (Phi) is 8.20. The van der Waals surface area contributed by atoms with Gasteiger partial charge in [0, 0.05) is 45.0 Å². The third-order valence-electron chi connectivity index (χ3n) is 6.02. The first kappa shape index (κ1) is 24.2. The van der Waals surface area contributed by atoms with Crippen LogP contribution in [0.2, 0.25) is 0 Å². The number of aromatic nitrogens is 2. The van der Waals surface area contributed by atoms with Crippen molar-refractivity contribution < 1.29 is 19.1 Å². The van der Waals surface area contributed by atoms with Crippen LogP contribution >= 0.6 is 11.3 Å². The summed E-state index contributed by atoms with van der Waals surface area (Å²) in [6.07, 6.45) is 1.49. The molecule has 1 unspecified atom stereocenters. The van der Waals surface area contributed by atoms with Crippen molar-refractivity contribution in [2.75, 3.05) is 57.8 Å². The predicted molar refractivity (Wildman–Crippen MR) is 128 cm³/mol. The first-order chi connectivity index (χ1) is 16.5. The number of anilines is 1. The Morgan fingerprint density at radius 1 is 1.09 bits per heavy atom. The summed E-state index contributed by atoms with van der Waals surface area (Å²) >= 11 is 0.963. The largest absolute Gasteiger partial charge is 0.379 e. The Morgan fingerprint density at radius 3 is 2.59 bits per heavy atom. The summed E-state index contributed by atoms with van der Waals surface area (Å²) in [6.45, 7) is 7.47. The summed E-state index contributed by atoms with van der Waals surface area (Å²) in [5.74, 6) is -0.977. The zero-order chi connectivity index (χ0) is 23.9. The summed E-state index contributed by atoms with van der Waals surface area (Å²) in [7, 11) is 0. The second kappa shape index (κ2) is 11.5. The van der Waals surface area contributed by atoms with Gasteiger partial charge in [-0.05, 0) is 31.9 Å². The molecule has 34 heavy (non-hydrogen) atoms. The number of ether oxygens (including phenoxy) is 1. The Hall–Kier alpha value is -2.89. The van der Waals surface area contributed by atoms with Gasteiger partial charge in [-0.1, -0.05) is 29.0 Å². The number of morpholine rings is 1. The van der Waals surface area contributed by atoms with Crippen molar-refractivity contribution in [1.82, 2.24) is 25.3 Å². The molecule has 1 atom stereocenters. The van der Waals surface area contributed by atoms with Gasteiger partial charge in [0.25, 0.3) is 11.8 Å². The van der Waals surface area contributed by atoms with E-state index in [0.29, 0.717) is 25.3 Å². The Labute approximate surface area is 202 Å². The highest BCUT2D eigenvalue weighted by Gasteiger charge is 2.31. The van der Waals surface area contributed by atoms with Crippen molar-refractivity contribution in [1.29, 1.82) is 0 Å². The lowest BCUT2D eigenvalue weighted by Gasteiger charge is -2.32. The van der Waals surface area contributed by atoms with E-state index < -0.39 is 5.91 Å². The average molecular weight is 487 g/mol. The minimum absolute atomic E-state index is 0.0267. The summed E-state index contributed by atoms with van der Waals surface area (Å²) in [5.41, 5.74) is 1.74. The number of aryl methyl sites for hydroxylation is 1. The van der Waals surface area contributed by atoms with Crippen LogP contribution in [0.15, 0.2) is 24.3 Å². The number of benzene rings is 1. The van der Waals surface area contributed by atoms with E-state index in [9.17, 15) is 14.4 Å². The Balaban J connectivity index is 1.27. The maximum Gasteiger partial charge on any atom is 0.286 e. The molecule has 3 amide bonds. The molecule has 1 aromatic carbocycles. The smallest absolute Gasteiger partial charge is 0.286 e. The zero-order valence-corrected chi connectivity index (χ0v) is 20.1. The molecule has 182 valence electrons. The highest BCUT2D eigenvalue weighted by molar-refractivity contribution is 7.15. The molecule has 3 heterocycles. The van der Waals surface area contributed by atoms with Gasteiger partial charge in [0.2, 0.25) is 15.9 Å². The third kappa shape index (κ3) is 6.37. The van der Waals surface area contributed by atoms with E-state index in [4.69, 9.17) is 4.74 Å². The van der Waals surface area contributed by atoms with Crippen molar-refractivity contribution in [3.8, 4) is 0 Å². The molecular formula is C23H30N6O4S. The molecule has 2 fully saturated rings. The van der Waals surface area contributed by atoms with Crippen LogP contribution in [0.4, 0.5) is 5.69 Å². The first-order valence-electron chi connectivity index (χ1n) is 11.6. The van der Waals surface area contributed by atoms with Crippen molar-refractivity contribution in [2.45, 2.75) is 19.8 Å². The van der Waals surface area contributed by atoms with Gasteiger partial charge in [0.1, 0.15) is 0 Å². The number of hydrogen-bond donors (Lipinski definition) is 2. The van der Waals surface area contributed by atoms with Gasteiger partial charge < -0.3 is 20.3 Å². The molecule has 11 heteroatoms. The quantitative estimate of drug-likeness (QED) is 0.608. The molecule has 2 aromatic rings. The fourth-order valence-corrected chi connectivity index (χ4v) is 4.75. The van der Waals surface area contributed by atoms with Gasteiger partial charge in [0.15, 0.2) is 0 Å². The molecule has 2 saturated heterocycles. The number of likely N-dealkylation sites (tertiary alicyclic amines) is 1. The van der Waals surface area contributed by atoms with E-state index in [-0.39, 0.29) is 27.7 Å². The van der Waals surface area contributed by atoms with Crippen LogP contribution < -0.4 is 10.6 Å². The van der Waals surface area contributed by atoms with Gasteiger partial charge in [-0.15, -0.1) is 10.2 Å². The maximum atomic E-state index is 13.0. The fourth-order valence-electron chi connectivity index (χ4n) is 4.04. The van der Waals surface area contributed by atoms with Gasteiger partial charge >= 0.3 is 0 Å². The molecule has 0 spiro atoms. The van der Waals surface area contributed by atoms with Crippen LogP contribution in [0.1, 0.15) is 38.0 Å². The van der Waals surface area contributed by atoms with Crippen molar-refractivity contribution >= 4 is 34.7 Å². The van der Waals surface area contributed by atoms with Gasteiger partial charge in [-0.25, -0.2) is 0 Å². The average Bonchev–Trinajstić information content (AvgIpc) is 3.36. The van der Waals surface area contributed by atoms with Gasteiger partial charge in [-0.2, -0.15) is 0 Å². The molecule has 0 bridgehead atoms. The van der Waals surface area contributed by atoms with E-state index in [0.717, 1.165) is 62.6 Å². The van der Waals surface area contributed by atoms with E-state index in [1.54, 1.807) is 17.0 Å². The maximum absolute atomic E-state index is 13.0. The highest BCUT2D eigenvalue weighted by Crippen LogP contribution is 2.21. The second-order valence-electron chi connectivity index (χ2n) is 8.57. The van der Waals surface area contributed by atoms with E-state index in [2.05, 4.69) is 25.7 Å². The van der Waals surface area contributed by atoms with Crippen LogP contribution in [0, 0.1) is 12.8 Å². The Morgan fingerprint density at radius 2 is 1.82 bits per heavy atom. The standard InChI is InChI=1S/C23H30N6O4S/c1-16-4-6-18(7-5-16)25-20(31)21-26-27-22(34-21)23(32)29-9-2-3-17(15-29)19(30)24-8-10-28-11-13-33-14-12-28/h4-7,17H,2-3,8-15H2,1H3,(H,24,30)(H,25,31). The van der Waals surface area contributed by atoms with E-state index >= 15 is 0 Å². The fraction of sp³-hybridized carbons (Fsp3) is 0.522. The highest BCUT2D eigenvalue weighted by atomic mass is 32.1. The molecular weight excluding hydrogens is 456 g/mol. The number of rotatable bonds is 7. The minimum atomic E-state index is -0.406. The van der Waals surface area contributed by atoms with Crippen LogP contribution in [-0.4, -0.2) is 90.2 Å². The number of piperidine rings is 1. The molecule has 2 N–H and O–H groups in total. The van der Waals surface area contributed by atoms with Gasteiger partial charge in [-0.3, -0.25) is 19.3 Å². The number of nitrogens with zero attached hydrogens (tertiary/aromatic N) is 4. The molecule has 0 radical (unpaired) electrons. The Bertz CT molecular complexity index is 1010. The van der Waals surface area contributed by atoms with Crippen molar-refractivity contribution in [3.05, 3.63) is 39.8 Å². The molecule has 1 aromatic heterocycles. The van der Waals surface area contributed by atoms with Gasteiger partial charge in [0.05, 0.1) is 19.1 Å². The molecule has 0 saturated carbocycles. The number of carbonyl (C=O) groups is 3. The lowest BCUT2D eigenvalue weighted by molar-refractivity contribution is -0.126. The summed E-state index contributed by atoms with van der Waals surface area (Å²) in [6, 6.07) is 7.41. The molecule has 10 nitrogen and oxygen atoms in total. The van der Waals surface area contributed by atoms with Crippen molar-refractivity contribution in [2.24, 2.45) is 5.92 Å². The SMILES string of the molecule is Cc1ccc(NC(=O)c2nnc(C(=O)N3CCCC(C(=O)NCCN4CCOCC4)C3)s2)cc1. The minimum Gasteiger partial charge on any atom is -0.379 e. The van der Waals surface area contributed by atoms with Crippen LogP contribution in [0.5, 0.6) is 0 Å². The van der Waals surface area contributed by atoms with Crippen LogP contribution in [0.3, 0.4) is 0 Å². The normalized spacial score (nSPS) is 19.0. The summed E-state index contributed by atoms with van der Waals surface area (Å²) in [5, 5.41) is 13.9. The topological polar surface area (TPSA) is 117 Å². The number of hydrogen-bond acceptors (Lipinski definition) is 8. The first-order valence-corrected chi connectivity index (χ1v) is 12.4. The monoisotopic (exact) mass is 486 g/mol. The molecule has 2 aliphatic rings. The van der Waals surface area contributed by atoms with Crippen LogP contribution in [0.25, 0.3) is 0 Å². The predicted octanol–water partition coefficient (Wildman–Crippen LogP) is 1.40. The number of amides is 3. The van der Waals surface area contributed by atoms with Crippen molar-refractivity contribution in [3.63, 3.8) is 0 Å². The second-order valence-corrected chi connectivity index (χ2v) is 9.55. The number of carbonyl (C=O) groups excluding carboxylic acids is 3. The molecule has 4 rings (SSSR count). The lowest BCUT2D eigenvalue weighted by Crippen LogP contribution is -2.47. The van der Waals surface area contributed by atoms with E-state index in [1.165, 1.54) is 0 Å². The summed E-state index contributed by atoms with van der Waals surface area (Å²) < 4.78 is 5.34. The van der Waals surface area contributed by atoms with E-state index in [1.807, 2.05) is 19.1 Å².